The standard InChI is InChI=1S/C15H16N4O2S/c1-10(20)17-11-2-4-12(5-3-11)18-14(21)8-13-9-22-15-16-6-7-19(13)15/h2-5,9H,6-8H2,1H3,(H,17,20)(H,18,21). The van der Waals surface area contributed by atoms with Crippen LogP contribution in [0.1, 0.15) is 13.3 Å². The molecule has 0 bridgehead atoms. The molecule has 3 rings (SSSR count). The third-order valence-corrected chi connectivity index (χ3v) is 4.23. The Morgan fingerprint density at radius 3 is 2.59 bits per heavy atom. The maximum atomic E-state index is 12.1. The summed E-state index contributed by atoms with van der Waals surface area (Å²) in [4.78, 5) is 29.5. The van der Waals surface area contributed by atoms with Crippen LogP contribution in [-0.2, 0) is 9.59 Å². The Kier molecular flexibility index (Phi) is 4.15. The molecule has 22 heavy (non-hydrogen) atoms. The van der Waals surface area contributed by atoms with E-state index < -0.39 is 0 Å². The molecule has 2 aliphatic rings. The minimum atomic E-state index is -0.120. The Balaban J connectivity index is 1.56. The van der Waals surface area contributed by atoms with E-state index in [0.29, 0.717) is 17.8 Å². The second-order valence-corrected chi connectivity index (χ2v) is 5.86. The van der Waals surface area contributed by atoms with Gasteiger partial charge in [-0.1, -0.05) is 11.8 Å². The van der Waals surface area contributed by atoms with E-state index in [2.05, 4.69) is 20.5 Å². The molecule has 114 valence electrons. The number of benzene rings is 1. The number of nitrogens with zero attached hydrogens (tertiary/aromatic N) is 2. The van der Waals surface area contributed by atoms with Crippen LogP contribution in [0.25, 0.3) is 0 Å². The van der Waals surface area contributed by atoms with E-state index in [1.54, 1.807) is 36.0 Å². The zero-order valence-corrected chi connectivity index (χ0v) is 12.9. The van der Waals surface area contributed by atoms with Gasteiger partial charge in [0.15, 0.2) is 5.17 Å². The molecule has 2 amide bonds. The van der Waals surface area contributed by atoms with Crippen LogP contribution in [-0.4, -0.2) is 35.0 Å². The van der Waals surface area contributed by atoms with E-state index in [-0.39, 0.29) is 11.8 Å². The fourth-order valence-electron chi connectivity index (χ4n) is 2.33. The lowest BCUT2D eigenvalue weighted by atomic mass is 10.2. The first-order chi connectivity index (χ1) is 10.6. The molecular formula is C15H16N4O2S. The average Bonchev–Trinajstić information content (AvgIpc) is 3.05. The van der Waals surface area contributed by atoms with Crippen LogP contribution in [0.4, 0.5) is 11.4 Å². The topological polar surface area (TPSA) is 73.8 Å². The number of carbonyl (C=O) groups is 2. The molecule has 2 aliphatic heterocycles. The number of thioether (sulfide) groups is 1. The highest BCUT2D eigenvalue weighted by Crippen LogP contribution is 2.30. The lowest BCUT2D eigenvalue weighted by molar-refractivity contribution is -0.116. The zero-order valence-electron chi connectivity index (χ0n) is 12.1. The minimum absolute atomic E-state index is 0.0627. The second kappa shape index (κ2) is 6.23. The van der Waals surface area contributed by atoms with Crippen LogP contribution in [0.2, 0.25) is 0 Å². The summed E-state index contributed by atoms with van der Waals surface area (Å²) in [5.74, 6) is -0.183. The fourth-order valence-corrected chi connectivity index (χ4v) is 3.28. The summed E-state index contributed by atoms with van der Waals surface area (Å²) in [6.07, 6.45) is 0.333. The Morgan fingerprint density at radius 2 is 1.91 bits per heavy atom. The summed E-state index contributed by atoms with van der Waals surface area (Å²) < 4.78 is 0. The molecule has 0 aromatic heterocycles. The van der Waals surface area contributed by atoms with Crippen molar-refractivity contribution in [1.29, 1.82) is 0 Å². The highest BCUT2D eigenvalue weighted by atomic mass is 32.2. The van der Waals surface area contributed by atoms with Crippen molar-refractivity contribution >= 4 is 40.1 Å². The molecule has 0 saturated heterocycles. The summed E-state index contributed by atoms with van der Waals surface area (Å²) in [5, 5.41) is 8.52. The molecule has 1 aromatic rings. The van der Waals surface area contributed by atoms with Crippen LogP contribution in [0.3, 0.4) is 0 Å². The van der Waals surface area contributed by atoms with Gasteiger partial charge >= 0.3 is 0 Å². The zero-order chi connectivity index (χ0) is 15.5. The van der Waals surface area contributed by atoms with Crippen molar-refractivity contribution in [2.45, 2.75) is 13.3 Å². The Labute approximate surface area is 132 Å². The molecule has 0 atom stereocenters. The highest BCUT2D eigenvalue weighted by molar-refractivity contribution is 8.16. The number of hydrogen-bond acceptors (Lipinski definition) is 5. The molecule has 1 aromatic carbocycles. The number of amidine groups is 1. The predicted molar refractivity (Wildman–Crippen MR) is 88.7 cm³/mol. The van der Waals surface area contributed by atoms with Gasteiger partial charge in [0.1, 0.15) is 0 Å². The third-order valence-electron chi connectivity index (χ3n) is 3.28. The van der Waals surface area contributed by atoms with Gasteiger partial charge in [-0.2, -0.15) is 0 Å². The molecule has 0 aliphatic carbocycles. The third kappa shape index (κ3) is 3.30. The first kappa shape index (κ1) is 14.6. The molecule has 0 spiro atoms. The quantitative estimate of drug-likeness (QED) is 0.893. The Hall–Kier alpha value is -2.28. The number of hydrogen-bond donors (Lipinski definition) is 2. The number of carbonyl (C=O) groups excluding carboxylic acids is 2. The number of aliphatic imine (C=N–C) groups is 1. The van der Waals surface area contributed by atoms with Gasteiger partial charge in [-0.15, -0.1) is 0 Å². The van der Waals surface area contributed by atoms with Gasteiger partial charge in [-0.3, -0.25) is 14.6 Å². The summed E-state index contributed by atoms with van der Waals surface area (Å²) in [5.41, 5.74) is 2.41. The van der Waals surface area contributed by atoms with Crippen molar-refractivity contribution in [3.05, 3.63) is 35.4 Å². The first-order valence-corrected chi connectivity index (χ1v) is 7.85. The van der Waals surface area contributed by atoms with E-state index >= 15 is 0 Å². The summed E-state index contributed by atoms with van der Waals surface area (Å²) in [7, 11) is 0. The van der Waals surface area contributed by atoms with Crippen LogP contribution >= 0.6 is 11.8 Å². The number of anilines is 2. The normalized spacial score (nSPS) is 16.0. The largest absolute Gasteiger partial charge is 0.326 e. The van der Waals surface area contributed by atoms with Crippen molar-refractivity contribution < 1.29 is 9.59 Å². The van der Waals surface area contributed by atoms with Crippen LogP contribution < -0.4 is 10.6 Å². The van der Waals surface area contributed by atoms with Crippen molar-refractivity contribution in [3.8, 4) is 0 Å². The van der Waals surface area contributed by atoms with Gasteiger partial charge in [0.25, 0.3) is 0 Å². The second-order valence-electron chi connectivity index (χ2n) is 5.03. The molecule has 0 radical (unpaired) electrons. The van der Waals surface area contributed by atoms with Crippen LogP contribution in [0, 0.1) is 0 Å². The van der Waals surface area contributed by atoms with Crippen molar-refractivity contribution in [2.75, 3.05) is 23.7 Å². The molecule has 7 heteroatoms. The summed E-state index contributed by atoms with van der Waals surface area (Å²) in [6.45, 7) is 3.11. The predicted octanol–water partition coefficient (Wildman–Crippen LogP) is 2.23. The maximum Gasteiger partial charge on any atom is 0.230 e. The smallest absolute Gasteiger partial charge is 0.230 e. The van der Waals surface area contributed by atoms with Crippen LogP contribution in [0.15, 0.2) is 40.4 Å². The minimum Gasteiger partial charge on any atom is -0.326 e. The fraction of sp³-hybridized carbons (Fsp3) is 0.267. The molecule has 2 N–H and O–H groups in total. The number of rotatable bonds is 4. The van der Waals surface area contributed by atoms with Gasteiger partial charge in [0, 0.05) is 30.5 Å². The van der Waals surface area contributed by atoms with E-state index in [1.165, 1.54) is 6.92 Å². The Bertz CT molecular complexity index is 667. The van der Waals surface area contributed by atoms with E-state index in [1.807, 2.05) is 5.41 Å². The van der Waals surface area contributed by atoms with Gasteiger partial charge in [0.05, 0.1) is 13.0 Å². The monoisotopic (exact) mass is 316 g/mol. The van der Waals surface area contributed by atoms with Crippen molar-refractivity contribution in [3.63, 3.8) is 0 Å². The van der Waals surface area contributed by atoms with Crippen molar-refractivity contribution in [2.24, 2.45) is 4.99 Å². The average molecular weight is 316 g/mol. The van der Waals surface area contributed by atoms with E-state index in [4.69, 9.17) is 0 Å². The Morgan fingerprint density at radius 1 is 1.23 bits per heavy atom. The molecule has 0 fully saturated rings. The molecular weight excluding hydrogens is 300 g/mol. The van der Waals surface area contributed by atoms with E-state index in [0.717, 1.165) is 24.0 Å². The SMILES string of the molecule is CC(=O)Nc1ccc(NC(=O)CC2=CSC3=NCCN23)cc1. The lowest BCUT2D eigenvalue weighted by Crippen LogP contribution is -2.24. The summed E-state index contributed by atoms with van der Waals surface area (Å²) in [6, 6.07) is 7.05. The number of nitrogens with one attached hydrogen (secondary N) is 2. The molecule has 0 unspecified atom stereocenters. The molecule has 6 nitrogen and oxygen atoms in total. The molecule has 0 saturated carbocycles. The maximum absolute atomic E-state index is 12.1. The van der Waals surface area contributed by atoms with Gasteiger partial charge in [-0.25, -0.2) is 0 Å². The van der Waals surface area contributed by atoms with Crippen LogP contribution in [0.5, 0.6) is 0 Å². The highest BCUT2D eigenvalue weighted by Gasteiger charge is 2.27. The number of amides is 2. The van der Waals surface area contributed by atoms with Crippen molar-refractivity contribution in [1.82, 2.24) is 4.90 Å². The van der Waals surface area contributed by atoms with Gasteiger partial charge in [0.2, 0.25) is 11.8 Å². The van der Waals surface area contributed by atoms with Gasteiger partial charge in [-0.05, 0) is 29.7 Å². The lowest BCUT2D eigenvalue weighted by Gasteiger charge is -2.16. The van der Waals surface area contributed by atoms with Gasteiger partial charge < -0.3 is 15.5 Å². The molecule has 2 heterocycles. The summed E-state index contributed by atoms with van der Waals surface area (Å²) >= 11 is 1.57. The number of fused-ring (bicyclic) bond motifs is 1. The first-order valence-electron chi connectivity index (χ1n) is 6.97. The van der Waals surface area contributed by atoms with E-state index in [9.17, 15) is 9.59 Å².